The molecule has 2 atom stereocenters. The summed E-state index contributed by atoms with van der Waals surface area (Å²) in [5.41, 5.74) is 10.3. The molecule has 0 radical (unpaired) electrons. The van der Waals surface area contributed by atoms with Crippen molar-refractivity contribution in [3.8, 4) is 34.5 Å². The van der Waals surface area contributed by atoms with E-state index in [1.54, 1.807) is 36.8 Å². The Hall–Kier alpha value is -5.13. The Morgan fingerprint density at radius 1 is 1.00 bits per heavy atom. The SMILES string of the molecule is CC(I)Oc1ccc(-c2cnc(N)c(C(=O)NC(C)c3nc4cccc(C#Cc5cncs5)c4c(=O)n3-c3ccccc3)n2)cc1. The fourth-order valence-corrected chi connectivity index (χ4v) is 5.56. The average Bonchev–Trinajstić information content (AvgIpc) is 3.58. The Morgan fingerprint density at radius 2 is 1.78 bits per heavy atom. The van der Waals surface area contributed by atoms with E-state index in [1.807, 2.05) is 61.5 Å². The topological polar surface area (TPSA) is 138 Å². The molecule has 10 nitrogen and oxygen atoms in total. The third-order valence-corrected chi connectivity index (χ3v) is 7.83. The summed E-state index contributed by atoms with van der Waals surface area (Å²) >= 11 is 3.60. The van der Waals surface area contributed by atoms with Gasteiger partial charge in [0.25, 0.3) is 11.5 Å². The molecule has 0 saturated heterocycles. The van der Waals surface area contributed by atoms with Gasteiger partial charge in [0.05, 0.1) is 51.1 Å². The summed E-state index contributed by atoms with van der Waals surface area (Å²) < 4.78 is 7.22. The molecule has 0 saturated carbocycles. The van der Waals surface area contributed by atoms with Gasteiger partial charge in [-0.3, -0.25) is 19.1 Å². The van der Waals surface area contributed by atoms with E-state index in [2.05, 4.69) is 54.7 Å². The van der Waals surface area contributed by atoms with Gasteiger partial charge in [0.2, 0.25) is 0 Å². The molecule has 3 aromatic heterocycles. The monoisotopic (exact) mass is 739 g/mol. The maximum atomic E-state index is 14.2. The maximum Gasteiger partial charge on any atom is 0.274 e. The van der Waals surface area contributed by atoms with Crippen molar-refractivity contribution in [1.82, 2.24) is 29.8 Å². The van der Waals surface area contributed by atoms with Crippen molar-refractivity contribution in [2.24, 2.45) is 0 Å². The molecule has 3 N–H and O–H groups in total. The number of hydrogen-bond donors (Lipinski definition) is 2. The predicted octanol–water partition coefficient (Wildman–Crippen LogP) is 5.93. The first-order valence-corrected chi connectivity index (χ1v) is 16.3. The molecule has 0 bridgehead atoms. The number of nitrogens with zero attached hydrogens (tertiary/aromatic N) is 5. The minimum absolute atomic E-state index is 0.0114. The summed E-state index contributed by atoms with van der Waals surface area (Å²) in [4.78, 5) is 46.3. The van der Waals surface area contributed by atoms with E-state index in [0.29, 0.717) is 39.4 Å². The molecule has 46 heavy (non-hydrogen) atoms. The number of carbonyl (C=O) groups is 1. The number of nitrogens with two attached hydrogens (primary N) is 1. The van der Waals surface area contributed by atoms with Crippen LogP contribution in [0.3, 0.4) is 0 Å². The molecule has 12 heteroatoms. The standard InChI is InChI=1S/C34H26IN7O3S/c1-20(39-33(43)30-31(36)38-18-28(40-30)22-11-14-25(15-12-22)45-21(2)35)32-41-27-10-6-7-23(13-16-26-17-37-19-46-26)29(27)34(44)42(32)24-8-4-3-5-9-24/h3-12,14-15,17-21H,1-2H3,(H2,36,38)(H,39,43). The van der Waals surface area contributed by atoms with E-state index in [1.165, 1.54) is 22.1 Å². The summed E-state index contributed by atoms with van der Waals surface area (Å²) in [6.07, 6.45) is 3.19. The first-order valence-electron chi connectivity index (χ1n) is 14.1. The minimum Gasteiger partial charge on any atom is -0.480 e. The number of rotatable bonds is 7. The Balaban J connectivity index is 1.37. The van der Waals surface area contributed by atoms with Gasteiger partial charge in [-0.1, -0.05) is 30.2 Å². The summed E-state index contributed by atoms with van der Waals surface area (Å²) in [5, 5.41) is 3.30. The third-order valence-electron chi connectivity index (χ3n) is 6.89. The zero-order valence-electron chi connectivity index (χ0n) is 24.6. The molecule has 0 aliphatic carbocycles. The highest BCUT2D eigenvalue weighted by atomic mass is 127. The van der Waals surface area contributed by atoms with Crippen molar-refractivity contribution in [3.63, 3.8) is 0 Å². The fraction of sp³-hybridized carbons (Fsp3) is 0.118. The van der Waals surface area contributed by atoms with Gasteiger partial charge >= 0.3 is 0 Å². The summed E-state index contributed by atoms with van der Waals surface area (Å²) in [6.45, 7) is 3.69. The van der Waals surface area contributed by atoms with Gasteiger partial charge in [0.1, 0.15) is 15.7 Å². The van der Waals surface area contributed by atoms with Crippen molar-refractivity contribution in [2.45, 2.75) is 24.0 Å². The number of ether oxygens (including phenoxy) is 1. The molecule has 228 valence electrons. The van der Waals surface area contributed by atoms with Gasteiger partial charge in [-0.2, -0.15) is 0 Å². The summed E-state index contributed by atoms with van der Waals surface area (Å²) in [5.74, 6) is 6.64. The lowest BCUT2D eigenvalue weighted by molar-refractivity contribution is 0.0933. The lowest BCUT2D eigenvalue weighted by atomic mass is 10.1. The highest BCUT2D eigenvalue weighted by molar-refractivity contribution is 14.1. The number of amides is 1. The molecule has 3 aromatic carbocycles. The fourth-order valence-electron chi connectivity index (χ4n) is 4.80. The van der Waals surface area contributed by atoms with Gasteiger partial charge in [0.15, 0.2) is 11.5 Å². The average molecular weight is 740 g/mol. The van der Waals surface area contributed by atoms with Gasteiger partial charge in [-0.05, 0) is 90.9 Å². The number of benzene rings is 3. The lowest BCUT2D eigenvalue weighted by Crippen LogP contribution is -2.34. The molecule has 0 aliphatic heterocycles. The number of aromatic nitrogens is 5. The van der Waals surface area contributed by atoms with Crippen molar-refractivity contribution >= 4 is 56.6 Å². The second-order valence-electron chi connectivity index (χ2n) is 10.1. The van der Waals surface area contributed by atoms with Crippen molar-refractivity contribution in [2.75, 3.05) is 5.73 Å². The summed E-state index contributed by atoms with van der Waals surface area (Å²) in [6, 6.07) is 21.1. The van der Waals surface area contributed by atoms with Crippen LogP contribution in [0.15, 0.2) is 95.5 Å². The number of carbonyl (C=O) groups excluding carboxylic acids is 1. The molecule has 0 spiro atoms. The second-order valence-corrected chi connectivity index (χ2v) is 12.8. The van der Waals surface area contributed by atoms with E-state index >= 15 is 0 Å². The van der Waals surface area contributed by atoms with Crippen LogP contribution in [0.1, 0.15) is 46.6 Å². The number of alkyl halides is 1. The van der Waals surface area contributed by atoms with Crippen molar-refractivity contribution in [1.29, 1.82) is 0 Å². The number of fused-ring (bicyclic) bond motifs is 1. The molecular formula is C34H26IN7O3S. The third kappa shape index (κ3) is 6.60. The second kappa shape index (κ2) is 13.5. The first kappa shape index (κ1) is 30.9. The highest BCUT2D eigenvalue weighted by Crippen LogP contribution is 2.24. The lowest BCUT2D eigenvalue weighted by Gasteiger charge is -2.20. The largest absolute Gasteiger partial charge is 0.480 e. The number of thiazole rings is 1. The number of halogens is 1. The van der Waals surface area contributed by atoms with E-state index in [-0.39, 0.29) is 21.2 Å². The van der Waals surface area contributed by atoms with Crippen LogP contribution in [-0.2, 0) is 0 Å². The number of para-hydroxylation sites is 1. The van der Waals surface area contributed by atoms with Gasteiger partial charge in [-0.25, -0.2) is 15.0 Å². The number of nitrogens with one attached hydrogen (secondary N) is 1. The summed E-state index contributed by atoms with van der Waals surface area (Å²) in [7, 11) is 0. The molecule has 6 aromatic rings. The number of anilines is 1. The molecule has 0 fully saturated rings. The van der Waals surface area contributed by atoms with Crippen LogP contribution >= 0.6 is 33.9 Å². The molecule has 6 rings (SSSR count). The van der Waals surface area contributed by atoms with Crippen LogP contribution in [0.5, 0.6) is 5.75 Å². The van der Waals surface area contributed by atoms with Crippen LogP contribution < -0.4 is 21.3 Å². The number of nitrogen functional groups attached to an aromatic ring is 1. The zero-order valence-corrected chi connectivity index (χ0v) is 27.6. The Bertz CT molecular complexity index is 2160. The molecule has 0 aliphatic rings. The molecule has 2 unspecified atom stereocenters. The van der Waals surface area contributed by atoms with Crippen LogP contribution in [0, 0.1) is 11.8 Å². The normalized spacial score (nSPS) is 12.2. The van der Waals surface area contributed by atoms with Gasteiger partial charge in [0, 0.05) is 11.1 Å². The Morgan fingerprint density at radius 3 is 2.50 bits per heavy atom. The van der Waals surface area contributed by atoms with Crippen LogP contribution in [0.25, 0.3) is 27.8 Å². The predicted molar refractivity (Wildman–Crippen MR) is 187 cm³/mol. The van der Waals surface area contributed by atoms with Crippen molar-refractivity contribution < 1.29 is 9.53 Å². The first-order chi connectivity index (χ1) is 22.3. The van der Waals surface area contributed by atoms with E-state index in [4.69, 9.17) is 15.5 Å². The molecular weight excluding hydrogens is 713 g/mol. The zero-order chi connectivity index (χ0) is 32.2. The Labute approximate surface area is 281 Å². The quantitative estimate of drug-likeness (QED) is 0.117. The van der Waals surface area contributed by atoms with Crippen molar-refractivity contribution in [3.05, 3.63) is 123 Å². The highest BCUT2D eigenvalue weighted by Gasteiger charge is 2.23. The van der Waals surface area contributed by atoms with Gasteiger partial charge < -0.3 is 15.8 Å². The Kier molecular flexibility index (Phi) is 9.04. The minimum atomic E-state index is -0.728. The van der Waals surface area contributed by atoms with Gasteiger partial charge in [-0.15, -0.1) is 11.3 Å². The van der Waals surface area contributed by atoms with E-state index in [0.717, 1.165) is 10.4 Å². The maximum absolute atomic E-state index is 14.2. The van der Waals surface area contributed by atoms with Crippen LogP contribution in [-0.4, -0.2) is 34.5 Å². The van der Waals surface area contributed by atoms with Crippen LogP contribution in [0.4, 0.5) is 5.82 Å². The van der Waals surface area contributed by atoms with Crippen LogP contribution in [0.2, 0.25) is 0 Å². The molecule has 1 amide bonds. The van der Waals surface area contributed by atoms with E-state index in [9.17, 15) is 9.59 Å². The smallest absolute Gasteiger partial charge is 0.274 e. The van der Waals surface area contributed by atoms with E-state index < -0.39 is 11.9 Å². The number of hydrogen-bond acceptors (Lipinski definition) is 9. The molecule has 3 heterocycles.